The summed E-state index contributed by atoms with van der Waals surface area (Å²) in [6.07, 6.45) is 0. The van der Waals surface area contributed by atoms with Gasteiger partial charge in [-0.15, -0.1) is 0 Å². The van der Waals surface area contributed by atoms with Gasteiger partial charge < -0.3 is 10.5 Å². The van der Waals surface area contributed by atoms with Crippen LogP contribution < -0.4 is 5.73 Å². The number of rotatable bonds is 1. The van der Waals surface area contributed by atoms with Gasteiger partial charge in [0.2, 0.25) is 0 Å². The van der Waals surface area contributed by atoms with Crippen molar-refractivity contribution in [1.82, 2.24) is 0 Å². The molecule has 0 atom stereocenters. The molecule has 3 rings (SSSR count). The predicted molar refractivity (Wildman–Crippen MR) is 64.8 cm³/mol. The van der Waals surface area contributed by atoms with Crippen LogP contribution in [0.15, 0.2) is 42.5 Å². The van der Waals surface area contributed by atoms with Crippen LogP contribution in [0.2, 0.25) is 0 Å². The van der Waals surface area contributed by atoms with E-state index in [1.807, 2.05) is 18.2 Å². The highest BCUT2D eigenvalue weighted by molar-refractivity contribution is 5.68. The first-order valence-electron chi connectivity index (χ1n) is 5.38. The quantitative estimate of drug-likeness (QED) is 0.736. The lowest BCUT2D eigenvalue weighted by molar-refractivity contribution is 0.134. The van der Waals surface area contributed by atoms with Gasteiger partial charge in [0.05, 0.1) is 13.2 Å². The molecule has 0 amide bonds. The van der Waals surface area contributed by atoms with Gasteiger partial charge in [0.15, 0.2) is 0 Å². The SMILES string of the molecule is Nc1cccc(-c2ccc3c(c2)COC3)c1. The van der Waals surface area contributed by atoms with Crippen molar-refractivity contribution in [2.24, 2.45) is 0 Å². The molecule has 1 heterocycles. The molecule has 0 bridgehead atoms. The molecule has 2 heteroatoms. The van der Waals surface area contributed by atoms with Crippen LogP contribution in [-0.4, -0.2) is 0 Å². The summed E-state index contributed by atoms with van der Waals surface area (Å²) in [6.45, 7) is 1.47. The molecule has 0 saturated heterocycles. The van der Waals surface area contributed by atoms with Crippen molar-refractivity contribution in [3.8, 4) is 11.1 Å². The number of hydrogen-bond donors (Lipinski definition) is 1. The molecule has 0 fully saturated rings. The highest BCUT2D eigenvalue weighted by atomic mass is 16.5. The Hall–Kier alpha value is -1.80. The summed E-state index contributed by atoms with van der Waals surface area (Å²) in [5, 5.41) is 0. The van der Waals surface area contributed by atoms with Crippen molar-refractivity contribution in [3.63, 3.8) is 0 Å². The van der Waals surface area contributed by atoms with Gasteiger partial charge in [0.1, 0.15) is 0 Å². The Bertz CT molecular complexity index is 534. The second-order valence-corrected chi connectivity index (χ2v) is 4.10. The van der Waals surface area contributed by atoms with Crippen LogP contribution >= 0.6 is 0 Å². The molecule has 2 N–H and O–H groups in total. The molecule has 0 spiro atoms. The molecular weight excluding hydrogens is 198 g/mol. The molecule has 16 heavy (non-hydrogen) atoms. The van der Waals surface area contributed by atoms with Crippen LogP contribution in [0.4, 0.5) is 5.69 Å². The van der Waals surface area contributed by atoms with Crippen LogP contribution in [0.1, 0.15) is 11.1 Å². The number of hydrogen-bond acceptors (Lipinski definition) is 2. The maximum Gasteiger partial charge on any atom is 0.0725 e. The lowest BCUT2D eigenvalue weighted by Crippen LogP contribution is -1.87. The number of ether oxygens (including phenoxy) is 1. The normalized spacial score (nSPS) is 13.8. The Morgan fingerprint density at radius 2 is 1.69 bits per heavy atom. The van der Waals surface area contributed by atoms with E-state index in [4.69, 9.17) is 10.5 Å². The Balaban J connectivity index is 2.07. The second kappa shape index (κ2) is 3.65. The molecular formula is C14H13NO. The summed E-state index contributed by atoms with van der Waals surface area (Å²) in [5.41, 5.74) is 11.5. The topological polar surface area (TPSA) is 35.2 Å². The molecule has 0 saturated carbocycles. The second-order valence-electron chi connectivity index (χ2n) is 4.10. The van der Waals surface area contributed by atoms with E-state index in [9.17, 15) is 0 Å². The van der Waals surface area contributed by atoms with Gasteiger partial charge in [-0.2, -0.15) is 0 Å². The Morgan fingerprint density at radius 3 is 2.56 bits per heavy atom. The molecule has 0 aliphatic carbocycles. The number of fused-ring (bicyclic) bond motifs is 1. The third-order valence-corrected chi connectivity index (χ3v) is 2.94. The monoisotopic (exact) mass is 211 g/mol. The van der Waals surface area contributed by atoms with E-state index in [0.29, 0.717) is 0 Å². The molecule has 0 radical (unpaired) electrons. The molecule has 80 valence electrons. The Morgan fingerprint density at radius 1 is 0.875 bits per heavy atom. The van der Waals surface area contributed by atoms with Crippen LogP contribution in [0, 0.1) is 0 Å². The minimum absolute atomic E-state index is 0.728. The first-order chi connectivity index (χ1) is 7.83. The van der Waals surface area contributed by atoms with Crippen molar-refractivity contribution in [2.75, 3.05) is 5.73 Å². The van der Waals surface area contributed by atoms with Crippen LogP contribution in [-0.2, 0) is 18.0 Å². The third-order valence-electron chi connectivity index (χ3n) is 2.94. The van der Waals surface area contributed by atoms with E-state index in [0.717, 1.165) is 24.5 Å². The summed E-state index contributed by atoms with van der Waals surface area (Å²) in [4.78, 5) is 0. The van der Waals surface area contributed by atoms with Crippen LogP contribution in [0.3, 0.4) is 0 Å². The van der Waals surface area contributed by atoms with E-state index >= 15 is 0 Å². The predicted octanol–water partition coefficient (Wildman–Crippen LogP) is 2.97. The van der Waals surface area contributed by atoms with Gasteiger partial charge in [-0.05, 0) is 40.5 Å². The van der Waals surface area contributed by atoms with E-state index < -0.39 is 0 Å². The lowest BCUT2D eigenvalue weighted by Gasteiger charge is -2.05. The molecule has 0 aromatic heterocycles. The molecule has 0 unspecified atom stereocenters. The fourth-order valence-corrected chi connectivity index (χ4v) is 2.07. The zero-order chi connectivity index (χ0) is 11.0. The zero-order valence-corrected chi connectivity index (χ0v) is 8.94. The van der Waals surface area contributed by atoms with Gasteiger partial charge >= 0.3 is 0 Å². The van der Waals surface area contributed by atoms with Gasteiger partial charge in [0, 0.05) is 5.69 Å². The smallest absolute Gasteiger partial charge is 0.0725 e. The van der Waals surface area contributed by atoms with Crippen molar-refractivity contribution >= 4 is 5.69 Å². The number of anilines is 1. The summed E-state index contributed by atoms with van der Waals surface area (Å²) in [5.74, 6) is 0. The van der Waals surface area contributed by atoms with E-state index in [2.05, 4.69) is 24.3 Å². The van der Waals surface area contributed by atoms with Crippen LogP contribution in [0.5, 0.6) is 0 Å². The summed E-state index contributed by atoms with van der Waals surface area (Å²) in [7, 11) is 0. The average Bonchev–Trinajstić information content (AvgIpc) is 2.75. The number of nitrogen functional groups attached to an aromatic ring is 1. The van der Waals surface area contributed by atoms with Crippen molar-refractivity contribution in [3.05, 3.63) is 53.6 Å². The van der Waals surface area contributed by atoms with Crippen LogP contribution in [0.25, 0.3) is 11.1 Å². The fraction of sp³-hybridized carbons (Fsp3) is 0.143. The van der Waals surface area contributed by atoms with E-state index in [1.54, 1.807) is 0 Å². The highest BCUT2D eigenvalue weighted by Gasteiger charge is 2.11. The van der Waals surface area contributed by atoms with Gasteiger partial charge in [-0.1, -0.05) is 24.3 Å². The van der Waals surface area contributed by atoms with E-state index in [1.165, 1.54) is 16.7 Å². The summed E-state index contributed by atoms with van der Waals surface area (Å²) < 4.78 is 5.40. The fourth-order valence-electron chi connectivity index (χ4n) is 2.07. The largest absolute Gasteiger partial charge is 0.399 e. The molecule has 1 aliphatic heterocycles. The Kier molecular flexibility index (Phi) is 2.15. The molecule has 2 nitrogen and oxygen atoms in total. The highest BCUT2D eigenvalue weighted by Crippen LogP contribution is 2.27. The number of nitrogens with two attached hydrogens (primary N) is 1. The maximum atomic E-state index is 5.78. The first-order valence-corrected chi connectivity index (χ1v) is 5.38. The maximum absolute atomic E-state index is 5.78. The van der Waals surface area contributed by atoms with Crippen molar-refractivity contribution < 1.29 is 4.74 Å². The van der Waals surface area contributed by atoms with E-state index in [-0.39, 0.29) is 0 Å². The molecule has 2 aromatic carbocycles. The first kappa shape index (κ1) is 9.43. The van der Waals surface area contributed by atoms with Gasteiger partial charge in [0.25, 0.3) is 0 Å². The van der Waals surface area contributed by atoms with Gasteiger partial charge in [-0.3, -0.25) is 0 Å². The number of benzene rings is 2. The molecule has 2 aromatic rings. The standard InChI is InChI=1S/C14H13NO/c15-14-3-1-2-10(7-14)11-4-5-12-8-16-9-13(12)6-11/h1-7H,8-9,15H2. The Labute approximate surface area is 94.7 Å². The zero-order valence-electron chi connectivity index (χ0n) is 8.94. The molecule has 1 aliphatic rings. The average molecular weight is 211 g/mol. The van der Waals surface area contributed by atoms with Crippen molar-refractivity contribution in [1.29, 1.82) is 0 Å². The summed E-state index contributed by atoms with van der Waals surface area (Å²) >= 11 is 0. The minimum atomic E-state index is 0.728. The van der Waals surface area contributed by atoms with Crippen molar-refractivity contribution in [2.45, 2.75) is 13.2 Å². The lowest BCUT2D eigenvalue weighted by atomic mass is 10.0. The summed E-state index contributed by atoms with van der Waals surface area (Å²) in [6, 6.07) is 14.4. The van der Waals surface area contributed by atoms with Gasteiger partial charge in [-0.25, -0.2) is 0 Å². The third kappa shape index (κ3) is 1.57. The minimum Gasteiger partial charge on any atom is -0.399 e.